The molecule has 9 heteroatoms. The van der Waals surface area contributed by atoms with Crippen molar-refractivity contribution in [1.29, 1.82) is 0 Å². The number of aromatic nitrogens is 4. The molecule has 0 aromatic carbocycles. The van der Waals surface area contributed by atoms with Crippen LogP contribution >= 0.6 is 23.1 Å². The van der Waals surface area contributed by atoms with Gasteiger partial charge in [-0.3, -0.25) is 14.9 Å². The van der Waals surface area contributed by atoms with E-state index in [1.54, 1.807) is 6.92 Å². The summed E-state index contributed by atoms with van der Waals surface area (Å²) in [6.07, 6.45) is 3.70. The van der Waals surface area contributed by atoms with Crippen LogP contribution in [0.1, 0.15) is 55.8 Å². The van der Waals surface area contributed by atoms with Crippen molar-refractivity contribution >= 4 is 34.1 Å². The fourth-order valence-electron chi connectivity index (χ4n) is 2.58. The first-order chi connectivity index (χ1) is 11.9. The van der Waals surface area contributed by atoms with Crippen molar-refractivity contribution in [3.63, 3.8) is 0 Å². The Morgan fingerprint density at radius 3 is 2.72 bits per heavy atom. The summed E-state index contributed by atoms with van der Waals surface area (Å²) in [7, 11) is 0. The highest BCUT2D eigenvalue weighted by Crippen LogP contribution is 2.25. The molecule has 7 nitrogen and oxygen atoms in total. The Bertz CT molecular complexity index is 830. The van der Waals surface area contributed by atoms with Gasteiger partial charge in [-0.1, -0.05) is 36.9 Å². The molecule has 25 heavy (non-hydrogen) atoms. The predicted octanol–water partition coefficient (Wildman–Crippen LogP) is 2.74. The first-order valence-electron chi connectivity index (χ1n) is 8.37. The maximum Gasteiger partial charge on any atom is 0.254 e. The zero-order valence-electron chi connectivity index (χ0n) is 14.5. The van der Waals surface area contributed by atoms with Crippen LogP contribution in [0.2, 0.25) is 0 Å². The molecule has 3 rings (SSSR count). The molecule has 0 spiro atoms. The van der Waals surface area contributed by atoms with E-state index < -0.39 is 5.25 Å². The van der Waals surface area contributed by atoms with Crippen molar-refractivity contribution in [2.75, 3.05) is 5.32 Å². The van der Waals surface area contributed by atoms with Gasteiger partial charge in [0.25, 0.3) is 5.56 Å². The fourth-order valence-corrected chi connectivity index (χ4v) is 4.15. The molecule has 2 aromatic rings. The van der Waals surface area contributed by atoms with E-state index in [4.69, 9.17) is 0 Å². The van der Waals surface area contributed by atoms with Gasteiger partial charge in [0.15, 0.2) is 5.16 Å². The lowest BCUT2D eigenvalue weighted by atomic mass is 9.97. The average Bonchev–Trinajstić information content (AvgIpc) is 3.03. The van der Waals surface area contributed by atoms with Gasteiger partial charge in [-0.25, -0.2) is 4.98 Å². The molecule has 1 atom stereocenters. The Kier molecular flexibility index (Phi) is 5.53. The second kappa shape index (κ2) is 7.65. The molecule has 0 bridgehead atoms. The van der Waals surface area contributed by atoms with E-state index in [1.807, 2.05) is 13.8 Å². The summed E-state index contributed by atoms with van der Waals surface area (Å²) in [6.45, 7) is 5.84. The van der Waals surface area contributed by atoms with Crippen LogP contribution in [-0.2, 0) is 17.6 Å². The number of hydrogen-bond donors (Lipinski definition) is 2. The van der Waals surface area contributed by atoms with Crippen molar-refractivity contribution in [1.82, 2.24) is 20.2 Å². The average molecular weight is 380 g/mol. The van der Waals surface area contributed by atoms with Gasteiger partial charge in [-0.05, 0) is 32.6 Å². The summed E-state index contributed by atoms with van der Waals surface area (Å²) in [6, 6.07) is 0. The van der Waals surface area contributed by atoms with E-state index in [2.05, 4.69) is 25.5 Å². The second-order valence-corrected chi connectivity index (χ2v) is 8.69. The third kappa shape index (κ3) is 4.27. The minimum Gasteiger partial charge on any atom is -0.301 e. The van der Waals surface area contributed by atoms with Gasteiger partial charge in [-0.2, -0.15) is 0 Å². The van der Waals surface area contributed by atoms with Crippen molar-refractivity contribution in [2.45, 2.75) is 62.8 Å². The van der Waals surface area contributed by atoms with Crippen LogP contribution in [0.25, 0.3) is 0 Å². The minimum atomic E-state index is -0.406. The van der Waals surface area contributed by atoms with Gasteiger partial charge in [0.05, 0.1) is 10.9 Å². The quantitative estimate of drug-likeness (QED) is 0.612. The highest BCUT2D eigenvalue weighted by atomic mass is 32.2. The minimum absolute atomic E-state index is 0.0782. The molecule has 1 aliphatic carbocycles. The fraction of sp³-hybridized carbons (Fsp3) is 0.562. The maximum atomic E-state index is 12.4. The van der Waals surface area contributed by atoms with E-state index in [1.165, 1.54) is 23.1 Å². The van der Waals surface area contributed by atoms with Gasteiger partial charge in [0, 0.05) is 11.5 Å². The SMILES string of the molecule is CC(C)c1nnc(NC(=O)[C@H](C)Sc2nc3c(c(=O)[nH]2)CCCC3)s1. The molecule has 1 amide bonds. The summed E-state index contributed by atoms with van der Waals surface area (Å²) >= 11 is 2.63. The van der Waals surface area contributed by atoms with Crippen LogP contribution in [0.3, 0.4) is 0 Å². The Balaban J connectivity index is 1.67. The normalized spacial score (nSPS) is 15.0. The number of nitrogens with one attached hydrogen (secondary N) is 2. The number of rotatable bonds is 5. The molecule has 0 unspecified atom stereocenters. The molecule has 1 aliphatic rings. The standard InChI is InChI=1S/C16H21N5O2S2/c1-8(2)14-20-21-16(25-14)18-12(22)9(3)24-15-17-11-7-5-4-6-10(11)13(23)19-15/h8-9H,4-7H2,1-3H3,(H,17,19,23)(H,18,21,22)/t9-/m0/s1. The summed E-state index contributed by atoms with van der Waals surface area (Å²) in [4.78, 5) is 31.9. The Morgan fingerprint density at radius 1 is 1.24 bits per heavy atom. The summed E-state index contributed by atoms with van der Waals surface area (Å²) in [5.41, 5.74) is 1.59. The first kappa shape index (κ1) is 18.1. The van der Waals surface area contributed by atoms with Crippen LogP contribution in [0.4, 0.5) is 5.13 Å². The lowest BCUT2D eigenvalue weighted by Crippen LogP contribution is -2.25. The number of carbonyl (C=O) groups excluding carboxylic acids is 1. The van der Waals surface area contributed by atoms with E-state index in [-0.39, 0.29) is 17.4 Å². The molecule has 2 aromatic heterocycles. The maximum absolute atomic E-state index is 12.4. The van der Waals surface area contributed by atoms with Crippen LogP contribution in [0, 0.1) is 0 Å². The number of anilines is 1. The summed E-state index contributed by atoms with van der Waals surface area (Å²) in [5.74, 6) is 0.0940. The second-order valence-electron chi connectivity index (χ2n) is 6.35. The van der Waals surface area contributed by atoms with Gasteiger partial charge >= 0.3 is 0 Å². The van der Waals surface area contributed by atoms with Crippen molar-refractivity contribution in [3.05, 3.63) is 26.6 Å². The highest BCUT2D eigenvalue weighted by molar-refractivity contribution is 8.00. The van der Waals surface area contributed by atoms with Crippen LogP contribution < -0.4 is 10.9 Å². The molecule has 0 saturated heterocycles. The summed E-state index contributed by atoms with van der Waals surface area (Å²) in [5, 5.41) is 12.3. The largest absolute Gasteiger partial charge is 0.301 e. The van der Waals surface area contributed by atoms with E-state index in [9.17, 15) is 9.59 Å². The lowest BCUT2D eigenvalue weighted by molar-refractivity contribution is -0.115. The van der Waals surface area contributed by atoms with E-state index >= 15 is 0 Å². The first-order valence-corrected chi connectivity index (χ1v) is 10.1. The number of carbonyl (C=O) groups is 1. The number of amides is 1. The predicted molar refractivity (Wildman–Crippen MR) is 99.4 cm³/mol. The molecule has 0 fully saturated rings. The van der Waals surface area contributed by atoms with Crippen molar-refractivity contribution in [2.24, 2.45) is 0 Å². The number of H-pyrrole nitrogens is 1. The topological polar surface area (TPSA) is 101 Å². The molecule has 2 heterocycles. The number of fused-ring (bicyclic) bond motifs is 1. The lowest BCUT2D eigenvalue weighted by Gasteiger charge is -2.15. The van der Waals surface area contributed by atoms with Crippen LogP contribution in [-0.4, -0.2) is 31.3 Å². The molecule has 0 radical (unpaired) electrons. The van der Waals surface area contributed by atoms with Gasteiger partial charge in [-0.15, -0.1) is 10.2 Å². The molecular weight excluding hydrogens is 358 g/mol. The van der Waals surface area contributed by atoms with Crippen LogP contribution in [0.5, 0.6) is 0 Å². The van der Waals surface area contributed by atoms with E-state index in [0.29, 0.717) is 10.3 Å². The number of aryl methyl sites for hydroxylation is 1. The van der Waals surface area contributed by atoms with Gasteiger partial charge in [0.2, 0.25) is 11.0 Å². The number of nitrogens with zero attached hydrogens (tertiary/aromatic N) is 3. The van der Waals surface area contributed by atoms with E-state index in [0.717, 1.165) is 41.9 Å². The zero-order chi connectivity index (χ0) is 18.0. The zero-order valence-corrected chi connectivity index (χ0v) is 16.1. The highest BCUT2D eigenvalue weighted by Gasteiger charge is 2.21. The van der Waals surface area contributed by atoms with Crippen molar-refractivity contribution in [3.8, 4) is 0 Å². The molecular formula is C16H21N5O2S2. The van der Waals surface area contributed by atoms with Gasteiger partial charge in [0.1, 0.15) is 5.01 Å². The Hall–Kier alpha value is -1.74. The number of hydrogen-bond acceptors (Lipinski definition) is 7. The monoisotopic (exact) mass is 379 g/mol. The Morgan fingerprint density at radius 2 is 2.00 bits per heavy atom. The molecule has 134 valence electrons. The summed E-state index contributed by atoms with van der Waals surface area (Å²) < 4.78 is 0. The molecule has 0 saturated carbocycles. The molecule has 2 N–H and O–H groups in total. The Labute approximate surface area is 154 Å². The van der Waals surface area contributed by atoms with Crippen molar-refractivity contribution < 1.29 is 4.79 Å². The number of aromatic amines is 1. The van der Waals surface area contributed by atoms with Crippen LogP contribution in [0.15, 0.2) is 9.95 Å². The third-order valence-electron chi connectivity index (χ3n) is 3.99. The smallest absolute Gasteiger partial charge is 0.254 e. The third-order valence-corrected chi connectivity index (χ3v) is 6.12. The molecule has 0 aliphatic heterocycles. The number of thioether (sulfide) groups is 1. The van der Waals surface area contributed by atoms with Gasteiger partial charge < -0.3 is 4.98 Å².